The number of halogens is 1. The number of pyridine rings is 1. The fourth-order valence-electron chi connectivity index (χ4n) is 2.76. The van der Waals surface area contributed by atoms with Gasteiger partial charge in [0.05, 0.1) is 30.1 Å². The molecule has 0 spiro atoms. The summed E-state index contributed by atoms with van der Waals surface area (Å²) in [5, 5.41) is 14.6. The molecule has 122 valence electrons. The lowest BCUT2D eigenvalue weighted by Crippen LogP contribution is -2.12. The SMILES string of the molecule is N#CCC(c1cc(Br)ccn1)n1cc(-c2ncnc3[nH]ccc23)cn1. The molecule has 7 nitrogen and oxygen atoms in total. The van der Waals surface area contributed by atoms with Crippen molar-refractivity contribution in [2.75, 3.05) is 0 Å². The van der Waals surface area contributed by atoms with E-state index in [0.717, 1.165) is 32.5 Å². The zero-order valence-corrected chi connectivity index (χ0v) is 14.6. The minimum Gasteiger partial charge on any atom is -0.346 e. The largest absolute Gasteiger partial charge is 0.346 e. The van der Waals surface area contributed by atoms with Crippen molar-refractivity contribution in [1.29, 1.82) is 5.26 Å². The van der Waals surface area contributed by atoms with E-state index in [2.05, 4.69) is 47.0 Å². The number of H-pyrrole nitrogens is 1. The lowest BCUT2D eigenvalue weighted by molar-refractivity contribution is 0.520. The molecule has 0 aromatic carbocycles. The van der Waals surface area contributed by atoms with Crippen LogP contribution in [0.3, 0.4) is 0 Å². The highest BCUT2D eigenvalue weighted by Gasteiger charge is 2.18. The molecule has 1 N–H and O–H groups in total. The van der Waals surface area contributed by atoms with E-state index in [4.69, 9.17) is 0 Å². The van der Waals surface area contributed by atoms with Gasteiger partial charge in [0, 0.05) is 34.0 Å². The van der Waals surface area contributed by atoms with Crippen molar-refractivity contribution < 1.29 is 0 Å². The van der Waals surface area contributed by atoms with Gasteiger partial charge in [0.15, 0.2) is 0 Å². The van der Waals surface area contributed by atoms with E-state index in [9.17, 15) is 5.26 Å². The number of nitriles is 1. The van der Waals surface area contributed by atoms with E-state index in [1.807, 2.05) is 30.6 Å². The summed E-state index contributed by atoms with van der Waals surface area (Å²) >= 11 is 3.45. The molecule has 4 aromatic heterocycles. The molecule has 0 aliphatic carbocycles. The summed E-state index contributed by atoms with van der Waals surface area (Å²) in [4.78, 5) is 16.0. The second-order valence-corrected chi connectivity index (χ2v) is 6.36. The number of aromatic amines is 1. The van der Waals surface area contributed by atoms with Crippen LogP contribution in [0, 0.1) is 11.3 Å². The molecule has 0 bridgehead atoms. The zero-order chi connectivity index (χ0) is 17.2. The van der Waals surface area contributed by atoms with Gasteiger partial charge in [-0.05, 0) is 18.2 Å². The molecule has 0 fully saturated rings. The van der Waals surface area contributed by atoms with Gasteiger partial charge in [0.25, 0.3) is 0 Å². The van der Waals surface area contributed by atoms with Crippen LogP contribution < -0.4 is 0 Å². The minimum absolute atomic E-state index is 0.264. The smallest absolute Gasteiger partial charge is 0.141 e. The molecule has 1 atom stereocenters. The predicted octanol–water partition coefficient (Wildman–Crippen LogP) is 3.48. The van der Waals surface area contributed by atoms with E-state index < -0.39 is 0 Å². The van der Waals surface area contributed by atoms with Gasteiger partial charge in [-0.25, -0.2) is 9.97 Å². The molecule has 0 aliphatic heterocycles. The molecule has 1 unspecified atom stereocenters. The standard InChI is InChI=1S/C17H12BrN7/c18-12-2-5-20-14(7-12)15(1-4-19)25-9-11(8-24-25)16-13-3-6-21-17(13)23-10-22-16/h2-3,5-10,15H,1H2,(H,21,22,23). The van der Waals surface area contributed by atoms with Crippen LogP contribution in [0.15, 0.2) is 53.8 Å². The van der Waals surface area contributed by atoms with Gasteiger partial charge in [-0.2, -0.15) is 10.4 Å². The van der Waals surface area contributed by atoms with Gasteiger partial charge < -0.3 is 4.98 Å². The average molecular weight is 394 g/mol. The molecular weight excluding hydrogens is 382 g/mol. The van der Waals surface area contributed by atoms with Crippen molar-refractivity contribution in [1.82, 2.24) is 29.7 Å². The summed E-state index contributed by atoms with van der Waals surface area (Å²) in [6.45, 7) is 0. The third-order valence-corrected chi connectivity index (χ3v) is 4.41. The number of hydrogen-bond donors (Lipinski definition) is 1. The normalized spacial score (nSPS) is 12.2. The van der Waals surface area contributed by atoms with Crippen LogP contribution in [0.4, 0.5) is 0 Å². The average Bonchev–Trinajstić information content (AvgIpc) is 3.28. The number of aromatic nitrogens is 6. The Kier molecular flexibility index (Phi) is 3.99. The van der Waals surface area contributed by atoms with Gasteiger partial charge in [-0.1, -0.05) is 15.9 Å². The highest BCUT2D eigenvalue weighted by atomic mass is 79.9. The third kappa shape index (κ3) is 2.90. The lowest BCUT2D eigenvalue weighted by Gasteiger charge is -2.14. The minimum atomic E-state index is -0.264. The van der Waals surface area contributed by atoms with Gasteiger partial charge in [0.1, 0.15) is 18.0 Å². The molecular formula is C17H12BrN7. The summed E-state index contributed by atoms with van der Waals surface area (Å²) in [6, 6.07) is 7.64. The lowest BCUT2D eigenvalue weighted by atomic mass is 10.1. The molecule has 0 radical (unpaired) electrons. The number of nitrogens with one attached hydrogen (secondary N) is 1. The van der Waals surface area contributed by atoms with Gasteiger partial charge in [-0.3, -0.25) is 9.67 Å². The van der Waals surface area contributed by atoms with E-state index >= 15 is 0 Å². The van der Waals surface area contributed by atoms with Crippen molar-refractivity contribution >= 4 is 27.0 Å². The fraction of sp³-hybridized carbons (Fsp3) is 0.118. The van der Waals surface area contributed by atoms with Crippen LogP contribution in [0.1, 0.15) is 18.2 Å². The zero-order valence-electron chi connectivity index (χ0n) is 13.0. The van der Waals surface area contributed by atoms with Crippen LogP contribution in [0.5, 0.6) is 0 Å². The van der Waals surface area contributed by atoms with Crippen LogP contribution >= 0.6 is 15.9 Å². The monoisotopic (exact) mass is 393 g/mol. The molecule has 4 rings (SSSR count). The maximum absolute atomic E-state index is 9.21. The number of rotatable bonds is 4. The first-order chi connectivity index (χ1) is 12.3. The summed E-state index contributed by atoms with van der Waals surface area (Å²) < 4.78 is 2.67. The van der Waals surface area contributed by atoms with Crippen molar-refractivity contribution in [2.45, 2.75) is 12.5 Å². The van der Waals surface area contributed by atoms with Crippen LogP contribution in [-0.4, -0.2) is 29.7 Å². The Bertz CT molecular complexity index is 1080. The third-order valence-electron chi connectivity index (χ3n) is 3.92. The molecule has 0 saturated heterocycles. The summed E-state index contributed by atoms with van der Waals surface area (Å²) in [5.41, 5.74) is 3.22. The van der Waals surface area contributed by atoms with Crippen LogP contribution in [0.2, 0.25) is 0 Å². The first-order valence-electron chi connectivity index (χ1n) is 7.57. The van der Waals surface area contributed by atoms with Crippen molar-refractivity contribution in [3.63, 3.8) is 0 Å². The molecule has 0 aliphatic rings. The quantitative estimate of drug-likeness (QED) is 0.572. The predicted molar refractivity (Wildman–Crippen MR) is 95.4 cm³/mol. The first-order valence-corrected chi connectivity index (χ1v) is 8.36. The summed E-state index contributed by atoms with van der Waals surface area (Å²) in [6.07, 6.45) is 8.97. The molecule has 8 heteroatoms. The summed E-state index contributed by atoms with van der Waals surface area (Å²) in [7, 11) is 0. The Morgan fingerprint density at radius 2 is 2.20 bits per heavy atom. The topological polar surface area (TPSA) is 96.1 Å². The number of hydrogen-bond acceptors (Lipinski definition) is 5. The molecule has 25 heavy (non-hydrogen) atoms. The second-order valence-electron chi connectivity index (χ2n) is 5.45. The summed E-state index contributed by atoms with van der Waals surface area (Å²) in [5.74, 6) is 0. The second kappa shape index (κ2) is 6.45. The van der Waals surface area contributed by atoms with E-state index in [1.54, 1.807) is 17.1 Å². The highest BCUT2D eigenvalue weighted by Crippen LogP contribution is 2.27. The van der Waals surface area contributed by atoms with E-state index in [-0.39, 0.29) is 12.5 Å². The van der Waals surface area contributed by atoms with Crippen molar-refractivity contribution in [3.8, 4) is 17.3 Å². The van der Waals surface area contributed by atoms with Gasteiger partial charge in [0.2, 0.25) is 0 Å². The maximum atomic E-state index is 9.21. The number of nitrogens with zero attached hydrogens (tertiary/aromatic N) is 6. The molecule has 4 heterocycles. The number of fused-ring (bicyclic) bond motifs is 1. The Morgan fingerprint density at radius 1 is 1.28 bits per heavy atom. The van der Waals surface area contributed by atoms with E-state index in [0.29, 0.717) is 0 Å². The van der Waals surface area contributed by atoms with Crippen molar-refractivity contribution in [3.05, 3.63) is 59.5 Å². The Labute approximate surface area is 151 Å². The Hall–Kier alpha value is -3.05. The van der Waals surface area contributed by atoms with Crippen LogP contribution in [-0.2, 0) is 0 Å². The fourth-order valence-corrected chi connectivity index (χ4v) is 3.11. The Balaban J connectivity index is 1.76. The molecule has 4 aromatic rings. The van der Waals surface area contributed by atoms with Gasteiger partial charge >= 0.3 is 0 Å². The highest BCUT2D eigenvalue weighted by molar-refractivity contribution is 9.10. The van der Waals surface area contributed by atoms with Crippen LogP contribution in [0.25, 0.3) is 22.3 Å². The van der Waals surface area contributed by atoms with Crippen molar-refractivity contribution in [2.24, 2.45) is 0 Å². The van der Waals surface area contributed by atoms with Gasteiger partial charge in [-0.15, -0.1) is 0 Å². The molecule has 0 amide bonds. The Morgan fingerprint density at radius 3 is 3.04 bits per heavy atom. The van der Waals surface area contributed by atoms with E-state index in [1.165, 1.54) is 6.33 Å². The maximum Gasteiger partial charge on any atom is 0.141 e. The first kappa shape index (κ1) is 15.5. The molecule has 0 saturated carbocycles.